The third-order valence-electron chi connectivity index (χ3n) is 5.02. The summed E-state index contributed by atoms with van der Waals surface area (Å²) in [4.78, 5) is 31.6. The second kappa shape index (κ2) is 6.26. The Morgan fingerprint density at radius 1 is 1.00 bits per heavy atom. The number of urea groups is 1. The zero-order chi connectivity index (χ0) is 18.1. The molecule has 3 amide bonds. The van der Waals surface area contributed by atoms with Gasteiger partial charge in [-0.15, -0.1) is 0 Å². The molecule has 2 heterocycles. The summed E-state index contributed by atoms with van der Waals surface area (Å²) in [6.45, 7) is 2.11. The average Bonchev–Trinajstić information content (AvgIpc) is 2.94. The van der Waals surface area contributed by atoms with Gasteiger partial charge in [-0.2, -0.15) is 0 Å². The van der Waals surface area contributed by atoms with Crippen molar-refractivity contribution in [2.75, 3.05) is 0 Å². The van der Waals surface area contributed by atoms with Crippen LogP contribution in [0.15, 0.2) is 66.9 Å². The number of carbonyl (C=O) groups excluding carboxylic acids is 2. The maximum absolute atomic E-state index is 13.2. The lowest BCUT2D eigenvalue weighted by molar-refractivity contribution is -0.132. The van der Waals surface area contributed by atoms with Gasteiger partial charge in [0.05, 0.1) is 12.1 Å². The molecule has 26 heavy (non-hydrogen) atoms. The highest BCUT2D eigenvalue weighted by atomic mass is 16.2. The fourth-order valence-electron chi connectivity index (χ4n) is 3.60. The van der Waals surface area contributed by atoms with E-state index >= 15 is 0 Å². The van der Waals surface area contributed by atoms with Crippen molar-refractivity contribution in [2.24, 2.45) is 0 Å². The zero-order valence-corrected chi connectivity index (χ0v) is 14.5. The Labute approximate surface area is 151 Å². The van der Waals surface area contributed by atoms with Gasteiger partial charge in [0.1, 0.15) is 5.54 Å². The van der Waals surface area contributed by atoms with E-state index in [1.54, 1.807) is 6.20 Å². The zero-order valence-electron chi connectivity index (χ0n) is 14.5. The van der Waals surface area contributed by atoms with Gasteiger partial charge in [0.2, 0.25) is 0 Å². The summed E-state index contributed by atoms with van der Waals surface area (Å²) in [6.07, 6.45) is 2.21. The van der Waals surface area contributed by atoms with Crippen LogP contribution in [0.3, 0.4) is 0 Å². The fourth-order valence-corrected chi connectivity index (χ4v) is 3.60. The molecule has 0 bridgehead atoms. The molecular weight excluding hydrogens is 326 g/mol. The SMILES string of the molecule is CC[C@@]1(c2ccccc2)NC(=O)N(Cc2cccc3cccnc23)C1=O. The molecule has 0 unspecified atom stereocenters. The smallest absolute Gasteiger partial charge is 0.319 e. The van der Waals surface area contributed by atoms with Crippen molar-refractivity contribution >= 4 is 22.8 Å². The summed E-state index contributed by atoms with van der Waals surface area (Å²) in [5.74, 6) is -0.218. The van der Waals surface area contributed by atoms with Crippen LogP contribution >= 0.6 is 0 Å². The lowest BCUT2D eigenvalue weighted by Gasteiger charge is -2.25. The number of fused-ring (bicyclic) bond motifs is 1. The first kappa shape index (κ1) is 16.3. The number of benzene rings is 2. The topological polar surface area (TPSA) is 62.3 Å². The van der Waals surface area contributed by atoms with Crippen molar-refractivity contribution in [2.45, 2.75) is 25.4 Å². The molecule has 1 atom stereocenters. The summed E-state index contributed by atoms with van der Waals surface area (Å²) in [6, 6.07) is 18.7. The van der Waals surface area contributed by atoms with E-state index < -0.39 is 5.54 Å². The maximum Gasteiger partial charge on any atom is 0.325 e. The van der Waals surface area contributed by atoms with Crippen LogP contribution in [0.25, 0.3) is 10.9 Å². The number of nitrogens with one attached hydrogen (secondary N) is 1. The normalized spacial score (nSPS) is 19.8. The van der Waals surface area contributed by atoms with Crippen LogP contribution in [-0.4, -0.2) is 21.8 Å². The number of pyridine rings is 1. The van der Waals surface area contributed by atoms with Crippen molar-refractivity contribution in [3.05, 3.63) is 78.0 Å². The molecule has 5 heteroatoms. The molecule has 4 rings (SSSR count). The van der Waals surface area contributed by atoms with Crippen molar-refractivity contribution in [3.8, 4) is 0 Å². The molecule has 1 aromatic heterocycles. The highest BCUT2D eigenvalue weighted by Gasteiger charge is 2.51. The van der Waals surface area contributed by atoms with Gasteiger partial charge in [-0.1, -0.05) is 61.5 Å². The number of carbonyl (C=O) groups is 2. The van der Waals surface area contributed by atoms with Crippen LogP contribution in [0.4, 0.5) is 4.79 Å². The van der Waals surface area contributed by atoms with E-state index in [-0.39, 0.29) is 18.5 Å². The van der Waals surface area contributed by atoms with E-state index in [0.717, 1.165) is 22.0 Å². The molecule has 1 saturated heterocycles. The lowest BCUT2D eigenvalue weighted by atomic mass is 9.87. The summed E-state index contributed by atoms with van der Waals surface area (Å²) >= 11 is 0. The Balaban J connectivity index is 1.72. The summed E-state index contributed by atoms with van der Waals surface area (Å²) in [5, 5.41) is 3.91. The molecule has 3 aromatic rings. The number of aromatic nitrogens is 1. The van der Waals surface area contributed by atoms with Gasteiger partial charge in [0, 0.05) is 11.6 Å². The first-order chi connectivity index (χ1) is 12.7. The number of rotatable bonds is 4. The van der Waals surface area contributed by atoms with Crippen molar-refractivity contribution in [3.63, 3.8) is 0 Å². The molecule has 130 valence electrons. The molecule has 1 aliphatic rings. The van der Waals surface area contributed by atoms with E-state index in [4.69, 9.17) is 0 Å². The standard InChI is InChI=1S/C21H19N3O2/c1-2-21(17-11-4-3-5-12-17)19(25)24(20(26)23-21)14-16-9-6-8-15-10-7-13-22-18(15)16/h3-13H,2,14H2,1H3,(H,23,26)/t21-/m0/s1. The first-order valence-electron chi connectivity index (χ1n) is 8.68. The van der Waals surface area contributed by atoms with Crippen LogP contribution in [0.5, 0.6) is 0 Å². The molecule has 5 nitrogen and oxygen atoms in total. The Morgan fingerprint density at radius 2 is 1.77 bits per heavy atom. The third kappa shape index (κ3) is 2.44. The van der Waals surface area contributed by atoms with E-state index in [0.29, 0.717) is 6.42 Å². The Kier molecular flexibility index (Phi) is 3.92. The van der Waals surface area contributed by atoms with E-state index in [1.807, 2.05) is 67.6 Å². The Hall–Kier alpha value is -3.21. The van der Waals surface area contributed by atoms with E-state index in [9.17, 15) is 9.59 Å². The van der Waals surface area contributed by atoms with Crippen LogP contribution < -0.4 is 5.32 Å². The maximum atomic E-state index is 13.2. The van der Waals surface area contributed by atoms with Crippen LogP contribution in [0.1, 0.15) is 24.5 Å². The largest absolute Gasteiger partial charge is 0.325 e. The van der Waals surface area contributed by atoms with Gasteiger partial charge in [0.15, 0.2) is 0 Å². The second-order valence-corrected chi connectivity index (χ2v) is 6.44. The molecule has 0 aliphatic carbocycles. The Bertz CT molecular complexity index is 981. The highest BCUT2D eigenvalue weighted by Crippen LogP contribution is 2.33. The predicted octanol–water partition coefficient (Wildman–Crippen LogP) is 3.59. The van der Waals surface area contributed by atoms with Crippen LogP contribution in [-0.2, 0) is 16.9 Å². The number of hydrogen-bond acceptors (Lipinski definition) is 3. The summed E-state index contributed by atoms with van der Waals surface area (Å²) in [5.41, 5.74) is 1.46. The second-order valence-electron chi connectivity index (χ2n) is 6.44. The van der Waals surface area contributed by atoms with Crippen LogP contribution in [0, 0.1) is 0 Å². The summed E-state index contributed by atoms with van der Waals surface area (Å²) in [7, 11) is 0. The monoisotopic (exact) mass is 345 g/mol. The lowest BCUT2D eigenvalue weighted by Crippen LogP contribution is -2.43. The summed E-state index contributed by atoms with van der Waals surface area (Å²) < 4.78 is 0. The first-order valence-corrected chi connectivity index (χ1v) is 8.68. The number of imide groups is 1. The number of para-hydroxylation sites is 1. The van der Waals surface area contributed by atoms with Crippen LogP contribution in [0.2, 0.25) is 0 Å². The highest BCUT2D eigenvalue weighted by molar-refractivity contribution is 6.07. The molecule has 1 N–H and O–H groups in total. The van der Waals surface area contributed by atoms with Gasteiger partial charge in [-0.25, -0.2) is 4.79 Å². The molecule has 0 radical (unpaired) electrons. The van der Waals surface area contributed by atoms with Gasteiger partial charge in [0.25, 0.3) is 5.91 Å². The molecular formula is C21H19N3O2. The van der Waals surface area contributed by atoms with Gasteiger partial charge in [-0.3, -0.25) is 14.7 Å². The quantitative estimate of drug-likeness (QED) is 0.735. The van der Waals surface area contributed by atoms with Gasteiger partial charge in [-0.05, 0) is 23.6 Å². The molecule has 1 aliphatic heterocycles. The number of amides is 3. The van der Waals surface area contributed by atoms with Crippen molar-refractivity contribution < 1.29 is 9.59 Å². The minimum Gasteiger partial charge on any atom is -0.319 e. The molecule has 0 spiro atoms. The van der Waals surface area contributed by atoms with Crippen molar-refractivity contribution in [1.82, 2.24) is 15.2 Å². The van der Waals surface area contributed by atoms with E-state index in [2.05, 4.69) is 10.3 Å². The number of hydrogen-bond donors (Lipinski definition) is 1. The van der Waals surface area contributed by atoms with Crippen molar-refractivity contribution in [1.29, 1.82) is 0 Å². The molecule has 2 aromatic carbocycles. The average molecular weight is 345 g/mol. The molecule has 0 saturated carbocycles. The van der Waals surface area contributed by atoms with Gasteiger partial charge >= 0.3 is 6.03 Å². The minimum absolute atomic E-state index is 0.202. The third-order valence-corrected chi connectivity index (χ3v) is 5.02. The number of nitrogens with zero attached hydrogens (tertiary/aromatic N) is 2. The Morgan fingerprint density at radius 3 is 2.54 bits per heavy atom. The fraction of sp³-hybridized carbons (Fsp3) is 0.190. The van der Waals surface area contributed by atoms with Gasteiger partial charge < -0.3 is 5.32 Å². The molecule has 1 fully saturated rings. The minimum atomic E-state index is -1.00. The predicted molar refractivity (Wildman–Crippen MR) is 99.2 cm³/mol. The van der Waals surface area contributed by atoms with E-state index in [1.165, 1.54) is 4.90 Å².